The van der Waals surface area contributed by atoms with Crippen LogP contribution in [0.25, 0.3) is 0 Å². The van der Waals surface area contributed by atoms with E-state index in [0.717, 1.165) is 25.3 Å². The highest BCUT2D eigenvalue weighted by molar-refractivity contribution is 4.89. The smallest absolute Gasteiger partial charge is 0.162 e. The first kappa shape index (κ1) is 5.69. The number of hydrogen-bond acceptors (Lipinski definition) is 2. The van der Waals surface area contributed by atoms with Crippen molar-refractivity contribution in [2.75, 3.05) is 6.61 Å². The summed E-state index contributed by atoms with van der Waals surface area (Å²) in [6, 6.07) is 0.738. The second-order valence-electron chi connectivity index (χ2n) is 2.79. The Bertz CT molecular complexity index is 85.1. The first-order valence-electron chi connectivity index (χ1n) is 3.70. The highest BCUT2D eigenvalue weighted by Crippen LogP contribution is 2.24. The van der Waals surface area contributed by atoms with Gasteiger partial charge in [-0.05, 0) is 25.7 Å². The van der Waals surface area contributed by atoms with Gasteiger partial charge < -0.3 is 4.74 Å². The molecule has 0 aromatic carbocycles. The van der Waals surface area contributed by atoms with Crippen LogP contribution in [0.4, 0.5) is 0 Å². The first-order valence-corrected chi connectivity index (χ1v) is 3.70. The highest BCUT2D eigenvalue weighted by Gasteiger charge is 2.26. The van der Waals surface area contributed by atoms with Crippen LogP contribution in [0.2, 0.25) is 0 Å². The van der Waals surface area contributed by atoms with Crippen LogP contribution in [0.15, 0.2) is 0 Å². The molecule has 1 N–H and O–H groups in total. The van der Waals surface area contributed by atoms with E-state index in [1.807, 2.05) is 0 Å². The first-order chi connectivity index (χ1) is 4.45. The van der Waals surface area contributed by atoms with Gasteiger partial charge in [-0.3, -0.25) is 5.32 Å². The minimum Gasteiger partial charge on any atom is -0.356 e. The zero-order chi connectivity index (χ0) is 6.10. The van der Waals surface area contributed by atoms with E-state index in [1.165, 1.54) is 19.3 Å². The summed E-state index contributed by atoms with van der Waals surface area (Å²) in [7, 11) is 0. The summed E-state index contributed by atoms with van der Waals surface area (Å²) in [4.78, 5) is 0. The molecule has 9 heavy (non-hydrogen) atoms. The van der Waals surface area contributed by atoms with Crippen LogP contribution in [-0.4, -0.2) is 12.6 Å². The van der Waals surface area contributed by atoms with Gasteiger partial charge in [0.15, 0.2) is 6.23 Å². The maximum absolute atomic E-state index is 5.35. The van der Waals surface area contributed by atoms with Crippen molar-refractivity contribution in [3.8, 4) is 0 Å². The number of rotatable bonds is 0. The van der Waals surface area contributed by atoms with E-state index in [9.17, 15) is 0 Å². The van der Waals surface area contributed by atoms with E-state index < -0.39 is 0 Å². The van der Waals surface area contributed by atoms with Crippen molar-refractivity contribution in [3.63, 3.8) is 0 Å². The van der Waals surface area contributed by atoms with E-state index in [4.69, 9.17) is 4.74 Å². The maximum atomic E-state index is 5.35. The molecule has 1 atom stereocenters. The fourth-order valence-corrected chi connectivity index (χ4v) is 1.54. The number of ether oxygens (including phenoxy) is 1. The summed E-state index contributed by atoms with van der Waals surface area (Å²) >= 11 is 0. The Morgan fingerprint density at radius 3 is 3.22 bits per heavy atom. The van der Waals surface area contributed by atoms with Crippen molar-refractivity contribution in [1.29, 1.82) is 0 Å². The van der Waals surface area contributed by atoms with Crippen molar-refractivity contribution in [2.24, 2.45) is 0 Å². The largest absolute Gasteiger partial charge is 0.356 e. The zero-order valence-electron chi connectivity index (χ0n) is 5.52. The van der Waals surface area contributed by atoms with Gasteiger partial charge in [-0.15, -0.1) is 0 Å². The predicted molar refractivity (Wildman–Crippen MR) is 34.6 cm³/mol. The summed E-state index contributed by atoms with van der Waals surface area (Å²) in [5, 5.41) is 3.35. The molecule has 2 nitrogen and oxygen atoms in total. The molecule has 0 aromatic heterocycles. The van der Waals surface area contributed by atoms with Crippen molar-refractivity contribution >= 4 is 0 Å². The maximum Gasteiger partial charge on any atom is 0.162 e. The Kier molecular flexibility index (Phi) is 1.44. The Balaban J connectivity index is 1.96. The van der Waals surface area contributed by atoms with E-state index in [0.29, 0.717) is 0 Å². The SMILES string of the molecule is C1C[C]2NC(C1)CCO2. The van der Waals surface area contributed by atoms with Crippen LogP contribution >= 0.6 is 0 Å². The van der Waals surface area contributed by atoms with Gasteiger partial charge in [0.05, 0.1) is 6.61 Å². The van der Waals surface area contributed by atoms with Crippen molar-refractivity contribution < 1.29 is 4.74 Å². The molecular formula is C7H12NO. The van der Waals surface area contributed by atoms with Crippen molar-refractivity contribution in [3.05, 3.63) is 6.23 Å². The highest BCUT2D eigenvalue weighted by atomic mass is 16.5. The number of piperidine rings is 1. The fourth-order valence-electron chi connectivity index (χ4n) is 1.54. The third-order valence-electron chi connectivity index (χ3n) is 2.06. The Hall–Kier alpha value is -0.0800. The minimum atomic E-state index is 0.738. The van der Waals surface area contributed by atoms with Crippen molar-refractivity contribution in [2.45, 2.75) is 31.7 Å². The standard InChI is InChI=1S/C7H12NO/c1-2-6-4-5-9-7(3-1)8-6/h6,8H,1-5H2. The minimum absolute atomic E-state index is 0.738. The van der Waals surface area contributed by atoms with Crippen LogP contribution in [0.1, 0.15) is 25.7 Å². The lowest BCUT2D eigenvalue weighted by molar-refractivity contribution is 0.0380. The Labute approximate surface area is 55.6 Å². The van der Waals surface area contributed by atoms with Crippen LogP contribution in [0.3, 0.4) is 0 Å². The molecule has 2 heteroatoms. The topological polar surface area (TPSA) is 21.3 Å². The number of nitrogens with one attached hydrogen (secondary N) is 1. The predicted octanol–water partition coefficient (Wildman–Crippen LogP) is 1.04. The molecule has 1 radical (unpaired) electrons. The number of fused-ring (bicyclic) bond motifs is 2. The molecule has 0 saturated carbocycles. The molecule has 2 bridgehead atoms. The molecule has 0 aromatic rings. The van der Waals surface area contributed by atoms with Crippen molar-refractivity contribution in [1.82, 2.24) is 5.32 Å². The number of hydrogen-bond donors (Lipinski definition) is 1. The summed E-state index contributed by atoms with van der Waals surface area (Å²) < 4.78 is 5.35. The van der Waals surface area contributed by atoms with Gasteiger partial charge >= 0.3 is 0 Å². The lowest BCUT2D eigenvalue weighted by Crippen LogP contribution is -2.43. The lowest BCUT2D eigenvalue weighted by atomic mass is 9.99. The van der Waals surface area contributed by atoms with E-state index in [1.54, 1.807) is 0 Å². The summed E-state index contributed by atoms with van der Waals surface area (Å²) in [5.41, 5.74) is 0. The zero-order valence-corrected chi connectivity index (χ0v) is 5.52. The van der Waals surface area contributed by atoms with Gasteiger partial charge in [0.1, 0.15) is 0 Å². The van der Waals surface area contributed by atoms with E-state index in [-0.39, 0.29) is 0 Å². The van der Waals surface area contributed by atoms with Crippen LogP contribution < -0.4 is 5.32 Å². The molecular weight excluding hydrogens is 114 g/mol. The van der Waals surface area contributed by atoms with E-state index in [2.05, 4.69) is 5.32 Å². The monoisotopic (exact) mass is 126 g/mol. The summed E-state index contributed by atoms with van der Waals surface area (Å²) in [5.74, 6) is 0. The second kappa shape index (κ2) is 2.27. The Morgan fingerprint density at radius 2 is 2.44 bits per heavy atom. The van der Waals surface area contributed by atoms with Gasteiger partial charge in [0.25, 0.3) is 0 Å². The summed E-state index contributed by atoms with van der Waals surface area (Å²) in [6.45, 7) is 0.938. The average Bonchev–Trinajstić information content (AvgIpc) is 1.88. The molecule has 0 aliphatic carbocycles. The van der Waals surface area contributed by atoms with Gasteiger partial charge in [0, 0.05) is 6.04 Å². The molecule has 2 heterocycles. The molecule has 2 saturated heterocycles. The molecule has 0 spiro atoms. The third-order valence-corrected chi connectivity index (χ3v) is 2.06. The quantitative estimate of drug-likeness (QED) is 0.523. The molecule has 2 aliphatic rings. The Morgan fingerprint density at radius 1 is 1.44 bits per heavy atom. The molecule has 51 valence electrons. The van der Waals surface area contributed by atoms with Gasteiger partial charge in [0.2, 0.25) is 0 Å². The normalized spacial score (nSPS) is 36.7. The molecule has 2 aliphatic heterocycles. The summed E-state index contributed by atoms with van der Waals surface area (Å²) in [6.07, 6.45) is 6.12. The molecule has 0 amide bonds. The van der Waals surface area contributed by atoms with Crippen LogP contribution in [0.5, 0.6) is 0 Å². The van der Waals surface area contributed by atoms with Crippen LogP contribution in [-0.2, 0) is 4.74 Å². The third kappa shape index (κ3) is 1.10. The van der Waals surface area contributed by atoms with Gasteiger partial charge in [-0.2, -0.15) is 0 Å². The molecule has 2 fully saturated rings. The average molecular weight is 126 g/mol. The second-order valence-corrected chi connectivity index (χ2v) is 2.79. The molecule has 2 rings (SSSR count). The van der Waals surface area contributed by atoms with Gasteiger partial charge in [-0.1, -0.05) is 0 Å². The fraction of sp³-hybridized carbons (Fsp3) is 0.857. The van der Waals surface area contributed by atoms with E-state index >= 15 is 0 Å². The lowest BCUT2D eigenvalue weighted by Gasteiger charge is -2.34. The molecule has 1 unspecified atom stereocenters. The van der Waals surface area contributed by atoms with Crippen LogP contribution in [0, 0.1) is 6.23 Å². The van der Waals surface area contributed by atoms with Gasteiger partial charge in [-0.25, -0.2) is 0 Å².